The molecule has 1 fully saturated rings. The smallest absolute Gasteiger partial charge is 0.266 e. The Bertz CT molecular complexity index is 1400. The Morgan fingerprint density at radius 1 is 1.00 bits per heavy atom. The molecule has 2 aromatic carbocycles. The van der Waals surface area contributed by atoms with Crippen LogP contribution in [0, 0.1) is 11.3 Å². The number of nitriles is 1. The van der Waals surface area contributed by atoms with Gasteiger partial charge in [0.1, 0.15) is 24.2 Å². The van der Waals surface area contributed by atoms with E-state index in [1.165, 1.54) is 11.1 Å². The van der Waals surface area contributed by atoms with Gasteiger partial charge in [-0.05, 0) is 53.4 Å². The van der Waals surface area contributed by atoms with Crippen LogP contribution in [0.1, 0.15) is 48.4 Å². The van der Waals surface area contributed by atoms with Gasteiger partial charge in [0.15, 0.2) is 5.76 Å². The first-order valence-electron chi connectivity index (χ1n) is 13.0. The van der Waals surface area contributed by atoms with Crippen LogP contribution in [0.15, 0.2) is 74.0 Å². The zero-order valence-electron chi connectivity index (χ0n) is 22.0. The SMILES string of the molecule is CC(C)c1ccc(C(CNc2oc(-c3ccc(COc4ccc(Br)cc4)o3)nc2C#N)N2CCOCC2)cc1. The number of anilines is 1. The zero-order valence-corrected chi connectivity index (χ0v) is 23.6. The predicted molar refractivity (Wildman–Crippen MR) is 152 cm³/mol. The van der Waals surface area contributed by atoms with Gasteiger partial charge in [0.25, 0.3) is 5.89 Å². The monoisotopic (exact) mass is 590 g/mol. The van der Waals surface area contributed by atoms with Gasteiger partial charge in [0.05, 0.1) is 19.3 Å². The fourth-order valence-corrected chi connectivity index (χ4v) is 4.78. The van der Waals surface area contributed by atoms with E-state index in [0.29, 0.717) is 43.1 Å². The molecule has 1 aliphatic heterocycles. The molecular formula is C30H31BrN4O4. The van der Waals surface area contributed by atoms with Crippen LogP contribution in [0.25, 0.3) is 11.7 Å². The van der Waals surface area contributed by atoms with Crippen LogP contribution >= 0.6 is 15.9 Å². The van der Waals surface area contributed by atoms with E-state index in [4.69, 9.17) is 18.3 Å². The first-order chi connectivity index (χ1) is 19.0. The average Bonchev–Trinajstić information content (AvgIpc) is 3.61. The van der Waals surface area contributed by atoms with Crippen molar-refractivity contribution >= 4 is 21.8 Å². The lowest BCUT2D eigenvalue weighted by Gasteiger charge is -2.35. The lowest BCUT2D eigenvalue weighted by molar-refractivity contribution is 0.0186. The van der Waals surface area contributed by atoms with Crippen molar-refractivity contribution in [1.29, 1.82) is 5.26 Å². The van der Waals surface area contributed by atoms with E-state index in [0.717, 1.165) is 23.3 Å². The number of nitrogens with zero attached hydrogens (tertiary/aromatic N) is 3. The number of halogens is 1. The molecule has 0 amide bonds. The Labute approximate surface area is 236 Å². The van der Waals surface area contributed by atoms with Crippen molar-refractivity contribution in [3.05, 3.63) is 87.7 Å². The van der Waals surface area contributed by atoms with Crippen LogP contribution in [-0.2, 0) is 11.3 Å². The summed E-state index contributed by atoms with van der Waals surface area (Å²) in [6.07, 6.45) is 0. The third-order valence-electron chi connectivity index (χ3n) is 6.73. The highest BCUT2D eigenvalue weighted by molar-refractivity contribution is 9.10. The van der Waals surface area contributed by atoms with Crippen molar-refractivity contribution < 1.29 is 18.3 Å². The van der Waals surface area contributed by atoms with Crippen LogP contribution in [-0.4, -0.2) is 42.7 Å². The third-order valence-corrected chi connectivity index (χ3v) is 7.26. The van der Waals surface area contributed by atoms with Gasteiger partial charge in [0.2, 0.25) is 11.6 Å². The van der Waals surface area contributed by atoms with Crippen LogP contribution in [0.2, 0.25) is 0 Å². The van der Waals surface area contributed by atoms with Crippen molar-refractivity contribution in [2.75, 3.05) is 38.2 Å². The maximum atomic E-state index is 9.73. The number of ether oxygens (including phenoxy) is 2. The maximum absolute atomic E-state index is 9.73. The van der Waals surface area contributed by atoms with E-state index in [1.54, 1.807) is 6.07 Å². The Hall–Kier alpha value is -3.58. The Morgan fingerprint density at radius 2 is 1.72 bits per heavy atom. The molecule has 0 spiro atoms. The first kappa shape index (κ1) is 27.0. The molecule has 39 heavy (non-hydrogen) atoms. The fraction of sp³-hybridized carbons (Fsp3) is 0.333. The summed E-state index contributed by atoms with van der Waals surface area (Å²) in [4.78, 5) is 6.77. The van der Waals surface area contributed by atoms with E-state index < -0.39 is 0 Å². The van der Waals surface area contributed by atoms with Crippen molar-refractivity contribution in [3.8, 4) is 23.5 Å². The quantitative estimate of drug-likeness (QED) is 0.216. The highest BCUT2D eigenvalue weighted by Gasteiger charge is 2.25. The predicted octanol–water partition coefficient (Wildman–Crippen LogP) is 6.76. The molecule has 0 bridgehead atoms. The highest BCUT2D eigenvalue weighted by Crippen LogP contribution is 2.30. The van der Waals surface area contributed by atoms with Crippen molar-refractivity contribution in [2.45, 2.75) is 32.4 Å². The standard InChI is InChI=1S/C30H31BrN4O4/c1-20(2)21-3-5-22(6-4-21)27(35-13-15-36-16-14-35)18-33-29-26(17-32)34-30(39-29)28-12-11-25(38-28)19-37-24-9-7-23(31)8-10-24/h3-12,20,27,33H,13-16,18-19H2,1-2H3. The van der Waals surface area contributed by atoms with Crippen LogP contribution in [0.5, 0.6) is 5.75 Å². The number of nitrogens with one attached hydrogen (secondary N) is 1. The minimum Gasteiger partial charge on any atom is -0.486 e. The summed E-state index contributed by atoms with van der Waals surface area (Å²) in [5.74, 6) is 2.83. The fourth-order valence-electron chi connectivity index (χ4n) is 4.52. The van der Waals surface area contributed by atoms with Crippen molar-refractivity contribution in [3.63, 3.8) is 0 Å². The highest BCUT2D eigenvalue weighted by atomic mass is 79.9. The zero-order chi connectivity index (χ0) is 27.2. The molecule has 1 aliphatic rings. The summed E-state index contributed by atoms with van der Waals surface area (Å²) in [5.41, 5.74) is 2.69. The van der Waals surface area contributed by atoms with Crippen molar-refractivity contribution in [2.24, 2.45) is 0 Å². The molecule has 1 atom stereocenters. The summed E-state index contributed by atoms with van der Waals surface area (Å²) >= 11 is 3.42. The molecule has 3 heterocycles. The molecule has 1 N–H and O–H groups in total. The van der Waals surface area contributed by atoms with Gasteiger partial charge in [-0.25, -0.2) is 0 Å². The number of aromatic nitrogens is 1. The summed E-state index contributed by atoms with van der Waals surface area (Å²) in [6.45, 7) is 8.26. The number of hydrogen-bond donors (Lipinski definition) is 1. The van der Waals surface area contributed by atoms with Crippen molar-refractivity contribution in [1.82, 2.24) is 9.88 Å². The molecule has 4 aromatic rings. The number of furan rings is 1. The van der Waals surface area contributed by atoms with Crippen LogP contribution in [0.4, 0.5) is 5.88 Å². The molecule has 2 aromatic heterocycles. The summed E-state index contributed by atoms with van der Waals surface area (Å²) in [5, 5.41) is 13.1. The first-order valence-corrected chi connectivity index (χ1v) is 13.8. The minimum atomic E-state index is 0.0844. The number of rotatable bonds is 10. The van der Waals surface area contributed by atoms with E-state index >= 15 is 0 Å². The van der Waals surface area contributed by atoms with Crippen LogP contribution in [0.3, 0.4) is 0 Å². The van der Waals surface area contributed by atoms with Gasteiger partial charge < -0.3 is 23.6 Å². The molecule has 9 heteroatoms. The molecule has 8 nitrogen and oxygen atoms in total. The van der Waals surface area contributed by atoms with E-state index in [2.05, 4.69) is 75.3 Å². The number of morpholine rings is 1. The maximum Gasteiger partial charge on any atom is 0.266 e. The van der Waals surface area contributed by atoms with Crippen LogP contribution < -0.4 is 10.1 Å². The molecule has 5 rings (SSSR count). The molecule has 0 radical (unpaired) electrons. The van der Waals surface area contributed by atoms with Gasteiger partial charge in [-0.1, -0.05) is 54.0 Å². The number of oxazole rings is 1. The second-order valence-corrected chi connectivity index (χ2v) is 10.6. The normalized spacial score (nSPS) is 14.7. The topological polar surface area (TPSA) is 96.7 Å². The molecule has 0 aliphatic carbocycles. The van der Waals surface area contributed by atoms with Gasteiger partial charge in [0, 0.05) is 24.1 Å². The molecule has 202 valence electrons. The molecule has 1 saturated heterocycles. The molecule has 1 unspecified atom stereocenters. The summed E-state index contributed by atoms with van der Waals surface area (Å²) in [6, 6.07) is 22.1. The summed E-state index contributed by atoms with van der Waals surface area (Å²) < 4.78 is 24.2. The Kier molecular flexibility index (Phi) is 8.67. The second kappa shape index (κ2) is 12.5. The van der Waals surface area contributed by atoms with Gasteiger partial charge >= 0.3 is 0 Å². The number of hydrogen-bond acceptors (Lipinski definition) is 8. The van der Waals surface area contributed by atoms with E-state index in [1.807, 2.05) is 30.3 Å². The molecule has 0 saturated carbocycles. The number of benzene rings is 2. The largest absolute Gasteiger partial charge is 0.486 e. The van der Waals surface area contributed by atoms with E-state index in [-0.39, 0.29) is 24.2 Å². The van der Waals surface area contributed by atoms with Gasteiger partial charge in [-0.15, -0.1) is 0 Å². The van der Waals surface area contributed by atoms with Gasteiger partial charge in [-0.2, -0.15) is 10.2 Å². The Morgan fingerprint density at radius 3 is 2.41 bits per heavy atom. The lowest BCUT2D eigenvalue weighted by Crippen LogP contribution is -2.41. The lowest BCUT2D eigenvalue weighted by atomic mass is 9.98. The van der Waals surface area contributed by atoms with Gasteiger partial charge in [-0.3, -0.25) is 4.90 Å². The average molecular weight is 592 g/mol. The summed E-state index contributed by atoms with van der Waals surface area (Å²) in [7, 11) is 0. The minimum absolute atomic E-state index is 0.0844. The second-order valence-electron chi connectivity index (χ2n) is 9.68. The Balaban J connectivity index is 1.29. The van der Waals surface area contributed by atoms with E-state index in [9.17, 15) is 5.26 Å². The molecular weight excluding hydrogens is 560 g/mol. The third kappa shape index (κ3) is 6.71.